The standard InChI is InChI=1S/C14H22N2O4/c1-14(2,3)20-13(17)16-11-6-5-10(7-8-19-15)9-12(11)18-4/h5-6,9H,7-8,15H2,1-4H3,(H,16,17). The van der Waals surface area contributed by atoms with E-state index in [2.05, 4.69) is 10.2 Å². The van der Waals surface area contributed by atoms with E-state index in [9.17, 15) is 4.79 Å². The lowest BCUT2D eigenvalue weighted by Gasteiger charge is -2.20. The molecule has 6 heteroatoms. The third-order valence-electron chi connectivity index (χ3n) is 2.41. The minimum Gasteiger partial charge on any atom is -0.495 e. The minimum absolute atomic E-state index is 0.419. The number of hydrogen-bond donors (Lipinski definition) is 2. The van der Waals surface area contributed by atoms with Gasteiger partial charge in [-0.2, -0.15) is 0 Å². The van der Waals surface area contributed by atoms with Gasteiger partial charge in [-0.3, -0.25) is 5.32 Å². The van der Waals surface area contributed by atoms with E-state index >= 15 is 0 Å². The zero-order valence-electron chi connectivity index (χ0n) is 12.4. The Morgan fingerprint density at radius 1 is 1.35 bits per heavy atom. The normalized spacial score (nSPS) is 11.1. The Morgan fingerprint density at radius 2 is 2.05 bits per heavy atom. The summed E-state index contributed by atoms with van der Waals surface area (Å²) in [4.78, 5) is 16.3. The van der Waals surface area contributed by atoms with Crippen LogP contribution in [0.25, 0.3) is 0 Å². The van der Waals surface area contributed by atoms with Gasteiger partial charge in [0.25, 0.3) is 0 Å². The number of carbonyl (C=O) groups is 1. The lowest BCUT2D eigenvalue weighted by atomic mass is 10.1. The Kier molecular flexibility index (Phi) is 5.79. The summed E-state index contributed by atoms with van der Waals surface area (Å²) < 4.78 is 10.4. The summed E-state index contributed by atoms with van der Waals surface area (Å²) in [6, 6.07) is 5.45. The molecule has 1 aromatic rings. The van der Waals surface area contributed by atoms with Gasteiger partial charge >= 0.3 is 6.09 Å². The van der Waals surface area contributed by atoms with Crippen molar-refractivity contribution in [3.05, 3.63) is 23.8 Å². The Labute approximate surface area is 119 Å². The van der Waals surface area contributed by atoms with Crippen molar-refractivity contribution >= 4 is 11.8 Å². The minimum atomic E-state index is -0.546. The van der Waals surface area contributed by atoms with Crippen LogP contribution in [0.5, 0.6) is 5.75 Å². The number of hydrogen-bond acceptors (Lipinski definition) is 5. The van der Waals surface area contributed by atoms with Crippen molar-refractivity contribution in [2.45, 2.75) is 32.8 Å². The number of nitrogens with one attached hydrogen (secondary N) is 1. The zero-order chi connectivity index (χ0) is 15.2. The number of rotatable bonds is 5. The molecule has 0 unspecified atom stereocenters. The first kappa shape index (κ1) is 16.3. The first-order valence-corrected chi connectivity index (χ1v) is 6.34. The maximum absolute atomic E-state index is 11.7. The molecule has 0 radical (unpaired) electrons. The summed E-state index contributed by atoms with van der Waals surface area (Å²) in [7, 11) is 1.54. The van der Waals surface area contributed by atoms with Gasteiger partial charge in [0.05, 0.1) is 19.4 Å². The first-order chi connectivity index (χ1) is 9.35. The van der Waals surface area contributed by atoms with Gasteiger partial charge in [-0.15, -0.1) is 0 Å². The molecule has 20 heavy (non-hydrogen) atoms. The number of carbonyl (C=O) groups excluding carboxylic acids is 1. The molecule has 0 spiro atoms. The fourth-order valence-corrected chi connectivity index (χ4v) is 1.58. The summed E-state index contributed by atoms with van der Waals surface area (Å²) in [6.45, 7) is 5.83. The monoisotopic (exact) mass is 282 g/mol. The molecule has 112 valence electrons. The lowest BCUT2D eigenvalue weighted by molar-refractivity contribution is 0.0635. The van der Waals surface area contributed by atoms with Crippen LogP contribution in [0.3, 0.4) is 0 Å². The van der Waals surface area contributed by atoms with Crippen molar-refractivity contribution in [3.8, 4) is 5.75 Å². The Bertz CT molecular complexity index is 455. The van der Waals surface area contributed by atoms with Gasteiger partial charge < -0.3 is 14.3 Å². The van der Waals surface area contributed by atoms with E-state index in [1.165, 1.54) is 0 Å². The second-order valence-electron chi connectivity index (χ2n) is 5.28. The van der Waals surface area contributed by atoms with Gasteiger partial charge in [0.1, 0.15) is 11.4 Å². The maximum atomic E-state index is 11.7. The van der Waals surface area contributed by atoms with E-state index in [0.717, 1.165) is 5.56 Å². The predicted octanol–water partition coefficient (Wildman–Crippen LogP) is 2.48. The van der Waals surface area contributed by atoms with Crippen molar-refractivity contribution in [3.63, 3.8) is 0 Å². The third kappa shape index (κ3) is 5.46. The smallest absolute Gasteiger partial charge is 0.412 e. The molecule has 0 aliphatic rings. The molecular formula is C14H22N2O4. The number of anilines is 1. The fraction of sp³-hybridized carbons (Fsp3) is 0.500. The second-order valence-corrected chi connectivity index (χ2v) is 5.28. The van der Waals surface area contributed by atoms with E-state index in [0.29, 0.717) is 24.5 Å². The fourth-order valence-electron chi connectivity index (χ4n) is 1.58. The van der Waals surface area contributed by atoms with Crippen LogP contribution in [0.1, 0.15) is 26.3 Å². The van der Waals surface area contributed by atoms with Gasteiger partial charge in [-0.25, -0.2) is 10.7 Å². The molecule has 0 saturated carbocycles. The highest BCUT2D eigenvalue weighted by Gasteiger charge is 2.17. The quantitative estimate of drug-likeness (QED) is 0.811. The van der Waals surface area contributed by atoms with E-state index in [1.807, 2.05) is 12.1 Å². The van der Waals surface area contributed by atoms with Crippen molar-refractivity contribution in [1.29, 1.82) is 0 Å². The molecule has 1 amide bonds. The van der Waals surface area contributed by atoms with Crippen molar-refractivity contribution in [2.24, 2.45) is 5.90 Å². The van der Waals surface area contributed by atoms with Crippen LogP contribution in [-0.4, -0.2) is 25.4 Å². The average Bonchev–Trinajstić information content (AvgIpc) is 2.35. The highest BCUT2D eigenvalue weighted by Crippen LogP contribution is 2.26. The van der Waals surface area contributed by atoms with Crippen molar-refractivity contribution in [1.82, 2.24) is 0 Å². The molecular weight excluding hydrogens is 260 g/mol. The van der Waals surface area contributed by atoms with E-state index < -0.39 is 11.7 Å². The predicted molar refractivity (Wildman–Crippen MR) is 76.7 cm³/mol. The summed E-state index contributed by atoms with van der Waals surface area (Å²) in [5.41, 5.74) is 1.01. The topological polar surface area (TPSA) is 82.8 Å². The summed E-state index contributed by atoms with van der Waals surface area (Å²) >= 11 is 0. The second kappa shape index (κ2) is 7.12. The Morgan fingerprint density at radius 3 is 2.60 bits per heavy atom. The Hall–Kier alpha value is -1.79. The van der Waals surface area contributed by atoms with Crippen LogP contribution in [0.2, 0.25) is 0 Å². The van der Waals surface area contributed by atoms with Crippen LogP contribution in [0.4, 0.5) is 10.5 Å². The molecule has 0 atom stereocenters. The van der Waals surface area contributed by atoms with E-state index in [4.69, 9.17) is 15.4 Å². The molecule has 6 nitrogen and oxygen atoms in total. The molecule has 0 saturated heterocycles. The van der Waals surface area contributed by atoms with Crippen molar-refractivity contribution < 1.29 is 19.1 Å². The van der Waals surface area contributed by atoms with Crippen LogP contribution in [0, 0.1) is 0 Å². The highest BCUT2D eigenvalue weighted by atomic mass is 16.6. The highest BCUT2D eigenvalue weighted by molar-refractivity contribution is 5.87. The lowest BCUT2D eigenvalue weighted by Crippen LogP contribution is -2.27. The summed E-state index contributed by atoms with van der Waals surface area (Å²) in [6.07, 6.45) is 0.147. The summed E-state index contributed by atoms with van der Waals surface area (Å²) in [5.74, 6) is 5.56. The van der Waals surface area contributed by atoms with E-state index in [-0.39, 0.29) is 0 Å². The van der Waals surface area contributed by atoms with Crippen molar-refractivity contribution in [2.75, 3.05) is 19.0 Å². The van der Waals surface area contributed by atoms with Gasteiger partial charge in [0.15, 0.2) is 0 Å². The molecule has 0 heterocycles. The largest absolute Gasteiger partial charge is 0.495 e. The number of ether oxygens (including phenoxy) is 2. The molecule has 1 rings (SSSR count). The molecule has 3 N–H and O–H groups in total. The van der Waals surface area contributed by atoms with Crippen LogP contribution in [0.15, 0.2) is 18.2 Å². The van der Waals surface area contributed by atoms with Gasteiger partial charge in [0.2, 0.25) is 0 Å². The number of benzene rings is 1. The van der Waals surface area contributed by atoms with Crippen LogP contribution in [-0.2, 0) is 16.0 Å². The average molecular weight is 282 g/mol. The zero-order valence-corrected chi connectivity index (χ0v) is 12.4. The first-order valence-electron chi connectivity index (χ1n) is 6.34. The Balaban J connectivity index is 2.77. The third-order valence-corrected chi connectivity index (χ3v) is 2.41. The maximum Gasteiger partial charge on any atom is 0.412 e. The molecule has 1 aromatic carbocycles. The molecule has 0 aromatic heterocycles. The van der Waals surface area contributed by atoms with Gasteiger partial charge in [-0.1, -0.05) is 6.07 Å². The SMILES string of the molecule is COc1cc(CCON)ccc1NC(=O)OC(C)(C)C. The molecule has 0 bridgehead atoms. The molecule has 0 aliphatic heterocycles. The molecule has 0 aliphatic carbocycles. The van der Waals surface area contributed by atoms with E-state index in [1.54, 1.807) is 33.9 Å². The number of amides is 1. The van der Waals surface area contributed by atoms with Crippen LogP contribution >= 0.6 is 0 Å². The van der Waals surface area contributed by atoms with Gasteiger partial charge in [-0.05, 0) is 44.9 Å². The van der Waals surface area contributed by atoms with Gasteiger partial charge in [0, 0.05) is 0 Å². The molecule has 0 fully saturated rings. The summed E-state index contributed by atoms with van der Waals surface area (Å²) in [5, 5.41) is 2.66. The number of nitrogens with two attached hydrogens (primary N) is 1. The number of methoxy groups -OCH3 is 1. The van der Waals surface area contributed by atoms with Crippen LogP contribution < -0.4 is 16.0 Å².